The fourth-order valence-corrected chi connectivity index (χ4v) is 3.71. The van der Waals surface area contributed by atoms with Crippen molar-refractivity contribution in [1.82, 2.24) is 9.80 Å². The molecule has 0 aliphatic carbocycles. The average Bonchev–Trinajstić information content (AvgIpc) is 3.02. The number of amides is 1. The van der Waals surface area contributed by atoms with Crippen LogP contribution in [0.2, 0.25) is 0 Å². The first kappa shape index (κ1) is 17.2. The summed E-state index contributed by atoms with van der Waals surface area (Å²) in [6, 6.07) is 8.54. The van der Waals surface area contributed by atoms with Gasteiger partial charge in [0.25, 0.3) is 0 Å². The van der Waals surface area contributed by atoms with Crippen LogP contribution in [0.5, 0.6) is 0 Å². The number of carbonyl (C=O) groups is 1. The van der Waals surface area contributed by atoms with Crippen LogP contribution in [-0.4, -0.2) is 60.6 Å². The lowest BCUT2D eigenvalue weighted by Crippen LogP contribution is -2.49. The standard InChI is InChI=1S/C20H28N2O2/c1-3-17-5-4-6-18(13-17)14-19-7-8-20(24-19)15-21-9-11-22(12-10-21)16(2)23/h3-6,13,19-20H,1,7-12,14-15H2,2H3/t19-,20+/m0/s1. The van der Waals surface area contributed by atoms with Gasteiger partial charge < -0.3 is 9.64 Å². The monoisotopic (exact) mass is 328 g/mol. The minimum atomic E-state index is 0.189. The topological polar surface area (TPSA) is 32.8 Å². The maximum absolute atomic E-state index is 11.4. The first-order valence-corrected chi connectivity index (χ1v) is 8.99. The molecule has 4 nitrogen and oxygen atoms in total. The molecule has 2 fully saturated rings. The van der Waals surface area contributed by atoms with E-state index in [1.54, 1.807) is 6.92 Å². The molecule has 2 aliphatic rings. The van der Waals surface area contributed by atoms with E-state index in [9.17, 15) is 4.79 Å². The van der Waals surface area contributed by atoms with Gasteiger partial charge in [0, 0.05) is 39.6 Å². The Hall–Kier alpha value is -1.65. The second kappa shape index (κ2) is 7.95. The SMILES string of the molecule is C=Cc1cccc(C[C@@H]2CC[C@H](CN3CCN(C(C)=O)CC3)O2)c1. The molecule has 2 atom stereocenters. The first-order valence-electron chi connectivity index (χ1n) is 8.99. The van der Waals surface area contributed by atoms with Gasteiger partial charge in [0.15, 0.2) is 0 Å². The van der Waals surface area contributed by atoms with E-state index in [4.69, 9.17) is 4.74 Å². The molecule has 1 aromatic carbocycles. The predicted octanol–water partition coefficient (Wildman–Crippen LogP) is 2.58. The van der Waals surface area contributed by atoms with Crippen molar-refractivity contribution in [2.24, 2.45) is 0 Å². The zero-order valence-electron chi connectivity index (χ0n) is 14.6. The van der Waals surface area contributed by atoms with Gasteiger partial charge in [0.05, 0.1) is 12.2 Å². The minimum absolute atomic E-state index is 0.189. The molecule has 0 saturated carbocycles. The molecule has 130 valence electrons. The predicted molar refractivity (Wildman–Crippen MR) is 96.8 cm³/mol. The van der Waals surface area contributed by atoms with Crippen molar-refractivity contribution in [2.45, 2.75) is 38.4 Å². The van der Waals surface area contributed by atoms with E-state index in [1.165, 1.54) is 11.1 Å². The first-order chi connectivity index (χ1) is 11.6. The fraction of sp³-hybridized carbons (Fsp3) is 0.550. The summed E-state index contributed by atoms with van der Waals surface area (Å²) in [5.41, 5.74) is 2.50. The summed E-state index contributed by atoms with van der Waals surface area (Å²) in [7, 11) is 0. The van der Waals surface area contributed by atoms with Gasteiger partial charge in [-0.2, -0.15) is 0 Å². The maximum atomic E-state index is 11.4. The number of ether oxygens (including phenoxy) is 1. The molecule has 1 amide bonds. The lowest BCUT2D eigenvalue weighted by molar-refractivity contribution is -0.130. The molecule has 2 saturated heterocycles. The summed E-state index contributed by atoms with van der Waals surface area (Å²) >= 11 is 0. The molecule has 24 heavy (non-hydrogen) atoms. The second-order valence-corrected chi connectivity index (χ2v) is 6.92. The molecule has 4 heteroatoms. The summed E-state index contributed by atoms with van der Waals surface area (Å²) in [5.74, 6) is 0.189. The largest absolute Gasteiger partial charge is 0.373 e. The number of piperazine rings is 1. The highest BCUT2D eigenvalue weighted by atomic mass is 16.5. The molecule has 2 heterocycles. The van der Waals surface area contributed by atoms with E-state index in [-0.39, 0.29) is 5.91 Å². The quantitative estimate of drug-likeness (QED) is 0.833. The third-order valence-electron chi connectivity index (χ3n) is 5.13. The summed E-state index contributed by atoms with van der Waals surface area (Å²) in [6.45, 7) is 10.1. The van der Waals surface area contributed by atoms with Crippen LogP contribution in [0.3, 0.4) is 0 Å². The van der Waals surface area contributed by atoms with Crippen molar-refractivity contribution >= 4 is 12.0 Å². The lowest BCUT2D eigenvalue weighted by atomic mass is 10.0. The smallest absolute Gasteiger partial charge is 0.219 e. The van der Waals surface area contributed by atoms with Crippen LogP contribution in [-0.2, 0) is 16.0 Å². The van der Waals surface area contributed by atoms with Gasteiger partial charge >= 0.3 is 0 Å². The summed E-state index contributed by atoms with van der Waals surface area (Å²) in [4.78, 5) is 15.8. The van der Waals surface area contributed by atoms with E-state index >= 15 is 0 Å². The molecule has 0 bridgehead atoms. The Morgan fingerprint density at radius 3 is 2.71 bits per heavy atom. The third-order valence-corrected chi connectivity index (χ3v) is 5.13. The molecule has 1 aromatic rings. The van der Waals surface area contributed by atoms with Crippen molar-refractivity contribution < 1.29 is 9.53 Å². The molecule has 0 spiro atoms. The Morgan fingerprint density at radius 1 is 1.25 bits per heavy atom. The molecule has 0 unspecified atom stereocenters. The van der Waals surface area contributed by atoms with Gasteiger partial charge in [-0.1, -0.05) is 36.9 Å². The Kier molecular flexibility index (Phi) is 5.69. The highest BCUT2D eigenvalue weighted by Crippen LogP contribution is 2.24. The molecular weight excluding hydrogens is 300 g/mol. The van der Waals surface area contributed by atoms with Gasteiger partial charge in [0.1, 0.15) is 0 Å². The van der Waals surface area contributed by atoms with Gasteiger partial charge in [-0.05, 0) is 30.4 Å². The van der Waals surface area contributed by atoms with E-state index in [2.05, 4.69) is 35.7 Å². The summed E-state index contributed by atoms with van der Waals surface area (Å²) < 4.78 is 6.27. The van der Waals surface area contributed by atoms with Crippen molar-refractivity contribution in [1.29, 1.82) is 0 Å². The second-order valence-electron chi connectivity index (χ2n) is 6.92. The van der Waals surface area contributed by atoms with E-state index < -0.39 is 0 Å². The van der Waals surface area contributed by atoms with Crippen LogP contribution in [0.4, 0.5) is 0 Å². The molecule has 0 radical (unpaired) electrons. The Morgan fingerprint density at radius 2 is 2.00 bits per heavy atom. The minimum Gasteiger partial charge on any atom is -0.373 e. The number of carbonyl (C=O) groups excluding carboxylic acids is 1. The van der Waals surface area contributed by atoms with E-state index in [1.807, 2.05) is 11.0 Å². The van der Waals surface area contributed by atoms with Crippen LogP contribution in [0.1, 0.15) is 30.9 Å². The number of nitrogens with zero attached hydrogens (tertiary/aromatic N) is 2. The molecular formula is C20H28N2O2. The van der Waals surface area contributed by atoms with E-state index in [0.29, 0.717) is 12.2 Å². The molecule has 0 N–H and O–H groups in total. The van der Waals surface area contributed by atoms with Crippen LogP contribution >= 0.6 is 0 Å². The highest BCUT2D eigenvalue weighted by Gasteiger charge is 2.28. The molecule has 2 aliphatic heterocycles. The summed E-state index contributed by atoms with van der Waals surface area (Å²) in [6.07, 6.45) is 5.81. The normalized spacial score (nSPS) is 25.0. The third kappa shape index (κ3) is 4.46. The van der Waals surface area contributed by atoms with Crippen molar-refractivity contribution in [3.05, 3.63) is 42.0 Å². The Labute approximate surface area is 145 Å². The zero-order chi connectivity index (χ0) is 16.9. The van der Waals surface area contributed by atoms with Crippen LogP contribution in [0.15, 0.2) is 30.8 Å². The Balaban J connectivity index is 1.44. The molecule has 0 aromatic heterocycles. The molecule has 3 rings (SSSR count). The Bertz CT molecular complexity index is 579. The van der Waals surface area contributed by atoms with Crippen LogP contribution in [0, 0.1) is 0 Å². The average molecular weight is 328 g/mol. The maximum Gasteiger partial charge on any atom is 0.219 e. The van der Waals surface area contributed by atoms with Gasteiger partial charge in [0.2, 0.25) is 5.91 Å². The van der Waals surface area contributed by atoms with Gasteiger partial charge in [-0.25, -0.2) is 0 Å². The summed E-state index contributed by atoms with van der Waals surface area (Å²) in [5, 5.41) is 0. The van der Waals surface area contributed by atoms with Gasteiger partial charge in [-0.15, -0.1) is 0 Å². The number of benzene rings is 1. The fourth-order valence-electron chi connectivity index (χ4n) is 3.71. The van der Waals surface area contributed by atoms with Gasteiger partial charge in [-0.3, -0.25) is 9.69 Å². The van der Waals surface area contributed by atoms with Crippen LogP contribution < -0.4 is 0 Å². The van der Waals surface area contributed by atoms with Crippen molar-refractivity contribution in [3.63, 3.8) is 0 Å². The van der Waals surface area contributed by atoms with E-state index in [0.717, 1.165) is 52.0 Å². The lowest BCUT2D eigenvalue weighted by Gasteiger charge is -2.35. The van der Waals surface area contributed by atoms with Crippen molar-refractivity contribution in [3.8, 4) is 0 Å². The van der Waals surface area contributed by atoms with Crippen molar-refractivity contribution in [2.75, 3.05) is 32.7 Å². The van der Waals surface area contributed by atoms with Crippen LogP contribution in [0.25, 0.3) is 6.08 Å². The number of hydrogen-bond donors (Lipinski definition) is 0. The number of rotatable bonds is 5. The number of hydrogen-bond acceptors (Lipinski definition) is 3. The zero-order valence-corrected chi connectivity index (χ0v) is 14.6. The highest BCUT2D eigenvalue weighted by molar-refractivity contribution is 5.73.